The first kappa shape index (κ1) is 68.4. The number of carbonyl (C=O) groups excluding carboxylic acids is 3. The van der Waals surface area contributed by atoms with Crippen LogP contribution < -0.4 is 0 Å². The highest BCUT2D eigenvalue weighted by Crippen LogP contribution is 2.19. The fraction of sp³-hybridized carbons (Fsp3) is 0.953. The van der Waals surface area contributed by atoms with Crippen LogP contribution in [0.4, 0.5) is 0 Å². The monoisotopic (exact) mass is 989 g/mol. The van der Waals surface area contributed by atoms with Crippen LogP contribution in [0, 0.1) is 5.92 Å². The van der Waals surface area contributed by atoms with Crippen molar-refractivity contribution in [3.05, 3.63) is 0 Å². The summed E-state index contributed by atoms with van der Waals surface area (Å²) in [4.78, 5) is 38.3. The van der Waals surface area contributed by atoms with Crippen LogP contribution in [0.2, 0.25) is 0 Å². The van der Waals surface area contributed by atoms with E-state index in [-0.39, 0.29) is 31.1 Å². The molecular formula is C64H124O6. The van der Waals surface area contributed by atoms with Gasteiger partial charge in [-0.15, -0.1) is 0 Å². The van der Waals surface area contributed by atoms with Crippen LogP contribution in [0.5, 0.6) is 0 Å². The molecule has 416 valence electrons. The van der Waals surface area contributed by atoms with Gasteiger partial charge in [0, 0.05) is 19.3 Å². The van der Waals surface area contributed by atoms with Crippen LogP contribution in [0.25, 0.3) is 0 Å². The molecule has 0 radical (unpaired) electrons. The normalized spacial score (nSPS) is 12.3. The molecule has 2 atom stereocenters. The number of rotatable bonds is 59. The summed E-state index contributed by atoms with van der Waals surface area (Å²) in [6, 6.07) is 0. The second-order valence-corrected chi connectivity index (χ2v) is 22.3. The van der Waals surface area contributed by atoms with Gasteiger partial charge in [0.05, 0.1) is 0 Å². The van der Waals surface area contributed by atoms with E-state index in [1.54, 1.807) is 0 Å². The van der Waals surface area contributed by atoms with Gasteiger partial charge in [-0.05, 0) is 25.2 Å². The van der Waals surface area contributed by atoms with E-state index >= 15 is 0 Å². The Bertz CT molecular complexity index is 1060. The quantitative estimate of drug-likeness (QED) is 0.0343. The molecule has 1 unspecified atom stereocenters. The molecule has 0 rings (SSSR count). The van der Waals surface area contributed by atoms with Gasteiger partial charge in [0.25, 0.3) is 0 Å². The van der Waals surface area contributed by atoms with E-state index in [0.29, 0.717) is 19.3 Å². The lowest BCUT2D eigenvalue weighted by atomic mass is 9.99. The summed E-state index contributed by atoms with van der Waals surface area (Å²) in [6.45, 7) is 9.13. The van der Waals surface area contributed by atoms with Gasteiger partial charge in [0.1, 0.15) is 13.2 Å². The maximum Gasteiger partial charge on any atom is 0.306 e. The average Bonchev–Trinajstić information content (AvgIpc) is 3.36. The van der Waals surface area contributed by atoms with Crippen LogP contribution in [-0.2, 0) is 28.6 Å². The van der Waals surface area contributed by atoms with Crippen molar-refractivity contribution >= 4 is 17.9 Å². The zero-order chi connectivity index (χ0) is 50.9. The van der Waals surface area contributed by atoms with E-state index in [0.717, 1.165) is 63.7 Å². The van der Waals surface area contributed by atoms with E-state index in [1.807, 2.05) is 0 Å². The molecule has 6 heteroatoms. The van der Waals surface area contributed by atoms with Crippen LogP contribution in [0.15, 0.2) is 0 Å². The predicted octanol–water partition coefficient (Wildman–Crippen LogP) is 21.4. The summed E-state index contributed by atoms with van der Waals surface area (Å²) in [5, 5.41) is 0. The van der Waals surface area contributed by atoms with Crippen molar-refractivity contribution in [1.82, 2.24) is 0 Å². The highest BCUT2D eigenvalue weighted by molar-refractivity contribution is 5.71. The van der Waals surface area contributed by atoms with Crippen molar-refractivity contribution in [1.29, 1.82) is 0 Å². The Balaban J connectivity index is 4.24. The molecule has 0 aromatic heterocycles. The standard InChI is InChI=1S/C64H124O6/c1-5-8-10-12-14-16-18-20-22-28-32-35-39-43-47-51-55-62(65)68-58-61(70-64(67)57-53-49-45-41-37-31-21-19-17-15-13-11-9-6-2)59-69-63(66)56-52-48-44-40-36-33-29-26-24-23-25-27-30-34-38-42-46-50-54-60(4)7-3/h60-61H,5-59H2,1-4H3/t60?,61-/m1/s1. The van der Waals surface area contributed by atoms with Gasteiger partial charge in [0.15, 0.2) is 6.10 Å². The lowest BCUT2D eigenvalue weighted by molar-refractivity contribution is -0.167. The number of unbranched alkanes of at least 4 members (excludes halogenated alkanes) is 45. The molecule has 70 heavy (non-hydrogen) atoms. The van der Waals surface area contributed by atoms with Crippen molar-refractivity contribution in [2.24, 2.45) is 5.92 Å². The summed E-state index contributed by atoms with van der Waals surface area (Å²) in [5.41, 5.74) is 0. The first-order valence-electron chi connectivity index (χ1n) is 31.9. The Kier molecular flexibility index (Phi) is 57.0. The Morgan fingerprint density at radius 3 is 0.743 bits per heavy atom. The Morgan fingerprint density at radius 2 is 0.500 bits per heavy atom. The second kappa shape index (κ2) is 58.3. The van der Waals surface area contributed by atoms with Crippen LogP contribution in [0.3, 0.4) is 0 Å². The average molecular weight is 990 g/mol. The smallest absolute Gasteiger partial charge is 0.306 e. The van der Waals surface area contributed by atoms with Crippen LogP contribution in [-0.4, -0.2) is 37.2 Å². The minimum absolute atomic E-state index is 0.0611. The molecule has 0 spiro atoms. The van der Waals surface area contributed by atoms with Crippen LogP contribution in [0.1, 0.15) is 368 Å². The Labute approximate surface area is 438 Å². The van der Waals surface area contributed by atoms with Crippen molar-refractivity contribution in [3.8, 4) is 0 Å². The van der Waals surface area contributed by atoms with Gasteiger partial charge < -0.3 is 14.2 Å². The Hall–Kier alpha value is -1.59. The molecule has 6 nitrogen and oxygen atoms in total. The zero-order valence-electron chi connectivity index (χ0n) is 48.0. The van der Waals surface area contributed by atoms with Gasteiger partial charge in [-0.2, -0.15) is 0 Å². The van der Waals surface area contributed by atoms with Gasteiger partial charge in [-0.1, -0.05) is 329 Å². The minimum atomic E-state index is -0.762. The van der Waals surface area contributed by atoms with Crippen LogP contribution >= 0.6 is 0 Å². The molecule has 0 aliphatic rings. The molecule has 0 saturated carbocycles. The summed E-state index contributed by atoms with van der Waals surface area (Å²) < 4.78 is 16.9. The zero-order valence-corrected chi connectivity index (χ0v) is 48.0. The Morgan fingerprint density at radius 1 is 0.286 bits per heavy atom. The third kappa shape index (κ3) is 55.7. The molecule has 0 aliphatic heterocycles. The van der Waals surface area contributed by atoms with Gasteiger partial charge >= 0.3 is 17.9 Å². The van der Waals surface area contributed by atoms with Crippen molar-refractivity contribution < 1.29 is 28.6 Å². The number of ether oxygens (including phenoxy) is 3. The summed E-state index contributed by atoms with van der Waals surface area (Å²) >= 11 is 0. The van der Waals surface area contributed by atoms with Crippen molar-refractivity contribution in [3.63, 3.8) is 0 Å². The van der Waals surface area contributed by atoms with Gasteiger partial charge in [-0.25, -0.2) is 0 Å². The van der Waals surface area contributed by atoms with Gasteiger partial charge in [0.2, 0.25) is 0 Å². The minimum Gasteiger partial charge on any atom is -0.462 e. The number of esters is 3. The fourth-order valence-electron chi connectivity index (χ4n) is 9.95. The first-order valence-corrected chi connectivity index (χ1v) is 31.9. The third-order valence-corrected chi connectivity index (χ3v) is 15.2. The number of carbonyl (C=O) groups is 3. The SMILES string of the molecule is CCCCCCCCCCCCCCCCCCC(=O)OC[C@H](COC(=O)CCCCCCCCCCCCCCCCCCCCC(C)CC)OC(=O)CCCCCCCCCCCCCCCC. The lowest BCUT2D eigenvalue weighted by Crippen LogP contribution is -2.30. The van der Waals surface area contributed by atoms with Gasteiger partial charge in [-0.3, -0.25) is 14.4 Å². The number of hydrogen-bond acceptors (Lipinski definition) is 6. The van der Waals surface area contributed by atoms with E-state index in [2.05, 4.69) is 27.7 Å². The molecular weight excluding hydrogens is 865 g/mol. The topological polar surface area (TPSA) is 78.9 Å². The molecule has 0 saturated heterocycles. The van der Waals surface area contributed by atoms with E-state index in [9.17, 15) is 14.4 Å². The van der Waals surface area contributed by atoms with E-state index < -0.39 is 6.10 Å². The molecule has 0 fully saturated rings. The molecule has 0 aliphatic carbocycles. The van der Waals surface area contributed by atoms with E-state index in [1.165, 1.54) is 263 Å². The predicted molar refractivity (Wildman–Crippen MR) is 303 cm³/mol. The van der Waals surface area contributed by atoms with Crippen molar-refractivity contribution in [2.45, 2.75) is 374 Å². The molecule has 0 amide bonds. The highest BCUT2D eigenvalue weighted by atomic mass is 16.6. The summed E-state index contributed by atoms with van der Waals surface area (Å²) in [6.07, 6.45) is 65.2. The number of hydrogen-bond donors (Lipinski definition) is 0. The fourth-order valence-corrected chi connectivity index (χ4v) is 9.95. The molecule has 0 heterocycles. The van der Waals surface area contributed by atoms with Crippen molar-refractivity contribution in [2.75, 3.05) is 13.2 Å². The molecule has 0 N–H and O–H groups in total. The lowest BCUT2D eigenvalue weighted by Gasteiger charge is -2.18. The molecule has 0 aromatic carbocycles. The summed E-state index contributed by atoms with van der Waals surface area (Å²) in [5.74, 6) is 0.0824. The second-order valence-electron chi connectivity index (χ2n) is 22.3. The molecule has 0 bridgehead atoms. The first-order chi connectivity index (χ1) is 34.4. The largest absolute Gasteiger partial charge is 0.462 e. The summed E-state index contributed by atoms with van der Waals surface area (Å²) in [7, 11) is 0. The third-order valence-electron chi connectivity index (χ3n) is 15.2. The molecule has 0 aromatic rings. The van der Waals surface area contributed by atoms with E-state index in [4.69, 9.17) is 14.2 Å². The maximum absolute atomic E-state index is 12.9. The maximum atomic E-state index is 12.9. The highest BCUT2D eigenvalue weighted by Gasteiger charge is 2.19.